The molecule has 0 unspecified atom stereocenters. The molecule has 1 heterocycles. The van der Waals surface area contributed by atoms with Gasteiger partial charge in [0.15, 0.2) is 0 Å². The van der Waals surface area contributed by atoms with Crippen molar-refractivity contribution in [2.24, 2.45) is 12.9 Å². The number of nitrogens with one attached hydrogen (secondary N) is 3. The number of hydrazine groups is 1. The molecule has 0 saturated heterocycles. The van der Waals surface area contributed by atoms with Crippen LogP contribution in [-0.4, -0.2) is 41.0 Å². The minimum absolute atomic E-state index is 0.0653. The van der Waals surface area contributed by atoms with E-state index in [4.69, 9.17) is 10.9 Å². The van der Waals surface area contributed by atoms with Gasteiger partial charge in [-0.2, -0.15) is 18.3 Å². The normalized spacial score (nSPS) is 11.9. The molecule has 0 saturated carbocycles. The van der Waals surface area contributed by atoms with Crippen LogP contribution in [0.4, 0.5) is 30.2 Å². The number of carbonyl (C=O) groups excluding carboxylic acids is 1. The summed E-state index contributed by atoms with van der Waals surface area (Å²) in [5, 5.41) is 23.1. The Hall–Kier alpha value is -4.03. The van der Waals surface area contributed by atoms with Crippen LogP contribution in [0.2, 0.25) is 0 Å². The van der Waals surface area contributed by atoms with Crippen molar-refractivity contribution in [3.8, 4) is 0 Å². The lowest BCUT2D eigenvalue weighted by Gasteiger charge is -2.20. The van der Waals surface area contributed by atoms with Crippen LogP contribution in [0.5, 0.6) is 0 Å². The van der Waals surface area contributed by atoms with Gasteiger partial charge in [0.2, 0.25) is 0 Å². The Labute approximate surface area is 212 Å². The second-order valence-electron chi connectivity index (χ2n) is 8.33. The zero-order valence-electron chi connectivity index (χ0n) is 20.9. The quantitative estimate of drug-likeness (QED) is 0.217. The molecule has 3 rings (SSSR count). The van der Waals surface area contributed by atoms with E-state index in [0.717, 1.165) is 29.0 Å². The van der Waals surface area contributed by atoms with Gasteiger partial charge in [0, 0.05) is 43.7 Å². The number of amides is 1. The third kappa shape index (κ3) is 6.40. The third-order valence-corrected chi connectivity index (χ3v) is 5.83. The van der Waals surface area contributed by atoms with E-state index in [1.54, 1.807) is 42.3 Å². The summed E-state index contributed by atoms with van der Waals surface area (Å²) in [7, 11) is 3.58. The van der Waals surface area contributed by atoms with Gasteiger partial charge in [0.1, 0.15) is 0 Å². The van der Waals surface area contributed by atoms with Gasteiger partial charge in [0.05, 0.1) is 41.1 Å². The van der Waals surface area contributed by atoms with Crippen molar-refractivity contribution in [1.82, 2.24) is 15.1 Å². The molecule has 37 heavy (non-hydrogen) atoms. The first-order valence-corrected chi connectivity index (χ1v) is 11.4. The molecule has 0 spiro atoms. The fraction of sp³-hybridized carbons (Fsp3) is 0.280. The molecule has 0 radical (unpaired) electrons. The van der Waals surface area contributed by atoms with E-state index < -0.39 is 17.6 Å². The molecule has 6 N–H and O–H groups in total. The maximum absolute atomic E-state index is 13.3. The van der Waals surface area contributed by atoms with Crippen LogP contribution in [0.25, 0.3) is 5.70 Å². The fourth-order valence-corrected chi connectivity index (χ4v) is 3.63. The van der Waals surface area contributed by atoms with Crippen LogP contribution in [0.15, 0.2) is 48.8 Å². The van der Waals surface area contributed by atoms with Crippen molar-refractivity contribution in [1.29, 1.82) is 0 Å². The average Bonchev–Trinajstić information content (AvgIpc) is 3.18. The second kappa shape index (κ2) is 11.4. The molecule has 0 aliphatic rings. The zero-order chi connectivity index (χ0) is 27.3. The molecule has 2 aromatic carbocycles. The number of nitrogens with two attached hydrogens (primary N) is 1. The molecule has 9 nitrogen and oxygen atoms in total. The van der Waals surface area contributed by atoms with Crippen LogP contribution in [0, 0.1) is 13.8 Å². The van der Waals surface area contributed by atoms with Crippen molar-refractivity contribution in [2.75, 3.05) is 35.8 Å². The SMILES string of the molecule is CN/C(=C\N(N)c1cc(C(=O)Nc2cc(C(F)(F)F)ccc2NCCO)ccc1C)c1cnn(C)c1C. The standard InChI is InChI=1S/C25H30F3N7O2/c1-15-5-6-17(11-23(15)35(29)14-22(30-3)19-13-32-34(4)16(19)2)24(37)33-21-12-18(25(26,27)28)7-8-20(21)31-9-10-36/h5-8,11-14,30-31,36H,9-10,29H2,1-4H3,(H,33,37)/b22-14-. The van der Waals surface area contributed by atoms with E-state index >= 15 is 0 Å². The molecule has 0 aliphatic carbocycles. The molecule has 1 amide bonds. The number of aliphatic hydroxyl groups excluding tert-OH is 1. The highest BCUT2D eigenvalue weighted by molar-refractivity contribution is 6.06. The summed E-state index contributed by atoms with van der Waals surface area (Å²) < 4.78 is 41.5. The topological polar surface area (TPSA) is 120 Å². The Morgan fingerprint density at radius 2 is 1.92 bits per heavy atom. The van der Waals surface area contributed by atoms with Crippen molar-refractivity contribution >= 4 is 28.7 Å². The molecular formula is C25H30F3N7O2. The van der Waals surface area contributed by atoms with Gasteiger partial charge in [0.25, 0.3) is 5.91 Å². The van der Waals surface area contributed by atoms with Crippen molar-refractivity contribution < 1.29 is 23.1 Å². The van der Waals surface area contributed by atoms with Crippen molar-refractivity contribution in [2.45, 2.75) is 20.0 Å². The summed E-state index contributed by atoms with van der Waals surface area (Å²) in [5.41, 5.74) is 3.23. The Morgan fingerprint density at radius 1 is 1.19 bits per heavy atom. The van der Waals surface area contributed by atoms with E-state index in [9.17, 15) is 18.0 Å². The summed E-state index contributed by atoms with van der Waals surface area (Å²) >= 11 is 0. The number of hydrogen-bond acceptors (Lipinski definition) is 7. The van der Waals surface area contributed by atoms with E-state index in [0.29, 0.717) is 11.4 Å². The van der Waals surface area contributed by atoms with Crippen molar-refractivity contribution in [3.63, 3.8) is 0 Å². The second-order valence-corrected chi connectivity index (χ2v) is 8.33. The van der Waals surface area contributed by atoms with Gasteiger partial charge < -0.3 is 21.1 Å². The van der Waals surface area contributed by atoms with Gasteiger partial charge in [-0.3, -0.25) is 14.5 Å². The van der Waals surface area contributed by atoms with Crippen LogP contribution in [-0.2, 0) is 13.2 Å². The van der Waals surface area contributed by atoms with E-state index in [1.165, 1.54) is 11.1 Å². The number of nitrogens with zero attached hydrogens (tertiary/aromatic N) is 3. The predicted molar refractivity (Wildman–Crippen MR) is 138 cm³/mol. The summed E-state index contributed by atoms with van der Waals surface area (Å²) in [4.78, 5) is 13.1. The number of aromatic nitrogens is 2. The number of anilines is 3. The summed E-state index contributed by atoms with van der Waals surface area (Å²) in [6, 6.07) is 7.77. The lowest BCUT2D eigenvalue weighted by atomic mass is 10.1. The minimum Gasteiger partial charge on any atom is -0.395 e. The Bertz CT molecular complexity index is 1300. The van der Waals surface area contributed by atoms with Gasteiger partial charge in [-0.1, -0.05) is 6.07 Å². The number of aryl methyl sites for hydroxylation is 2. The third-order valence-electron chi connectivity index (χ3n) is 5.83. The molecule has 1 aromatic heterocycles. The van der Waals surface area contributed by atoms with Crippen molar-refractivity contribution in [3.05, 3.63) is 76.7 Å². The summed E-state index contributed by atoms with van der Waals surface area (Å²) in [6.45, 7) is 3.61. The molecule has 12 heteroatoms. The van der Waals surface area contributed by atoms with E-state index in [-0.39, 0.29) is 30.1 Å². The largest absolute Gasteiger partial charge is 0.416 e. The Balaban J connectivity index is 1.92. The molecule has 0 fully saturated rings. The van der Waals surface area contributed by atoms with Crippen LogP contribution in [0.1, 0.15) is 32.7 Å². The Morgan fingerprint density at radius 3 is 2.51 bits per heavy atom. The number of aliphatic hydroxyl groups is 1. The number of benzene rings is 2. The van der Waals surface area contributed by atoms with Gasteiger partial charge >= 0.3 is 6.18 Å². The van der Waals surface area contributed by atoms with Crippen LogP contribution < -0.4 is 26.8 Å². The Kier molecular flexibility index (Phi) is 8.46. The number of rotatable bonds is 9. The maximum atomic E-state index is 13.3. The number of halogens is 3. The van der Waals surface area contributed by atoms with Crippen LogP contribution >= 0.6 is 0 Å². The average molecular weight is 518 g/mol. The van der Waals surface area contributed by atoms with Gasteiger partial charge in [-0.25, -0.2) is 5.84 Å². The van der Waals surface area contributed by atoms with Gasteiger partial charge in [-0.15, -0.1) is 0 Å². The number of carbonyl (C=O) groups is 1. The first-order valence-electron chi connectivity index (χ1n) is 11.4. The molecule has 3 aromatic rings. The lowest BCUT2D eigenvalue weighted by Crippen LogP contribution is -2.27. The molecule has 198 valence electrons. The summed E-state index contributed by atoms with van der Waals surface area (Å²) in [5.74, 6) is 5.71. The lowest BCUT2D eigenvalue weighted by molar-refractivity contribution is -0.137. The molecule has 0 aliphatic heterocycles. The maximum Gasteiger partial charge on any atom is 0.416 e. The van der Waals surface area contributed by atoms with Crippen LogP contribution in [0.3, 0.4) is 0 Å². The summed E-state index contributed by atoms with van der Waals surface area (Å²) in [6.07, 6.45) is -1.21. The highest BCUT2D eigenvalue weighted by atomic mass is 19.4. The first-order chi connectivity index (χ1) is 17.5. The monoisotopic (exact) mass is 517 g/mol. The number of hydrogen-bond donors (Lipinski definition) is 5. The first kappa shape index (κ1) is 27.6. The number of alkyl halides is 3. The zero-order valence-corrected chi connectivity index (χ0v) is 20.9. The molecule has 0 atom stereocenters. The smallest absolute Gasteiger partial charge is 0.395 e. The molecular weight excluding hydrogens is 487 g/mol. The van der Waals surface area contributed by atoms with E-state index in [1.807, 2.05) is 20.9 Å². The van der Waals surface area contributed by atoms with E-state index in [2.05, 4.69) is 21.0 Å². The highest BCUT2D eigenvalue weighted by Crippen LogP contribution is 2.34. The fourth-order valence-electron chi connectivity index (χ4n) is 3.63. The highest BCUT2D eigenvalue weighted by Gasteiger charge is 2.31. The minimum atomic E-state index is -4.59. The molecule has 0 bridgehead atoms. The van der Waals surface area contributed by atoms with Gasteiger partial charge in [-0.05, 0) is 49.7 Å². The predicted octanol–water partition coefficient (Wildman–Crippen LogP) is 3.61.